The maximum Gasteiger partial charge on any atom is 0.226 e. The molecule has 3 rings (SSSR count). The van der Waals surface area contributed by atoms with Crippen molar-refractivity contribution in [2.75, 3.05) is 11.9 Å². The van der Waals surface area contributed by atoms with Crippen LogP contribution < -0.4 is 10.1 Å². The Morgan fingerprint density at radius 1 is 1.15 bits per heavy atom. The zero-order valence-corrected chi connectivity index (χ0v) is 15.6. The molecule has 1 N–H and O–H groups in total. The van der Waals surface area contributed by atoms with Gasteiger partial charge in [-0.15, -0.1) is 0 Å². The average molecular weight is 368 g/mol. The van der Waals surface area contributed by atoms with Gasteiger partial charge in [-0.2, -0.15) is 0 Å². The smallest absolute Gasteiger partial charge is 0.226 e. The van der Waals surface area contributed by atoms with Crippen LogP contribution >= 0.6 is 11.3 Å². The quantitative estimate of drug-likeness (QED) is 0.489. The number of fused-ring (bicyclic) bond motifs is 1. The van der Waals surface area contributed by atoms with E-state index in [1.165, 1.54) is 23.8 Å². The van der Waals surface area contributed by atoms with Crippen LogP contribution in [0, 0.1) is 6.92 Å². The van der Waals surface area contributed by atoms with Crippen LogP contribution in [0.1, 0.15) is 35.7 Å². The number of thiazole rings is 1. The molecule has 0 unspecified atom stereocenters. The van der Waals surface area contributed by atoms with Gasteiger partial charge in [0.2, 0.25) is 5.91 Å². The molecule has 0 aliphatic carbocycles. The number of hydrogen-bond acceptors (Lipinski definition) is 5. The van der Waals surface area contributed by atoms with Crippen LogP contribution in [0.4, 0.5) is 5.13 Å². The lowest BCUT2D eigenvalue weighted by atomic mass is 10.1. The summed E-state index contributed by atoms with van der Waals surface area (Å²) in [6.07, 6.45) is 0.963. The summed E-state index contributed by atoms with van der Waals surface area (Å²) in [6, 6.07) is 13.0. The summed E-state index contributed by atoms with van der Waals surface area (Å²) in [6.45, 7) is 4.00. The van der Waals surface area contributed by atoms with E-state index in [4.69, 9.17) is 4.74 Å². The lowest BCUT2D eigenvalue weighted by Crippen LogP contribution is -2.12. The van der Waals surface area contributed by atoms with E-state index in [1.807, 2.05) is 19.1 Å². The van der Waals surface area contributed by atoms with Gasteiger partial charge >= 0.3 is 0 Å². The predicted molar refractivity (Wildman–Crippen MR) is 104 cm³/mol. The number of anilines is 1. The molecule has 0 spiro atoms. The summed E-state index contributed by atoms with van der Waals surface area (Å²) < 4.78 is 6.67. The van der Waals surface area contributed by atoms with Crippen molar-refractivity contribution in [1.82, 2.24) is 4.98 Å². The Morgan fingerprint density at radius 2 is 1.92 bits per heavy atom. The van der Waals surface area contributed by atoms with Gasteiger partial charge in [-0.05, 0) is 62.2 Å². The zero-order chi connectivity index (χ0) is 18.5. The van der Waals surface area contributed by atoms with Crippen LogP contribution in [0.2, 0.25) is 0 Å². The predicted octanol–water partition coefficient (Wildman–Crippen LogP) is 4.61. The molecule has 0 aliphatic heterocycles. The maximum absolute atomic E-state index is 12.0. The fraction of sp³-hybridized carbons (Fsp3) is 0.250. The summed E-state index contributed by atoms with van der Waals surface area (Å²) in [7, 11) is 0. The largest absolute Gasteiger partial charge is 0.494 e. The summed E-state index contributed by atoms with van der Waals surface area (Å²) >= 11 is 1.48. The van der Waals surface area contributed by atoms with Gasteiger partial charge in [0.15, 0.2) is 10.9 Å². The van der Waals surface area contributed by atoms with E-state index >= 15 is 0 Å². The monoisotopic (exact) mass is 368 g/mol. The highest BCUT2D eigenvalue weighted by Crippen LogP contribution is 2.26. The second kappa shape index (κ2) is 8.10. The minimum absolute atomic E-state index is 0.0261. The van der Waals surface area contributed by atoms with Crippen molar-refractivity contribution in [3.05, 3.63) is 53.6 Å². The Kier molecular flexibility index (Phi) is 5.63. The molecule has 0 radical (unpaired) electrons. The minimum atomic E-state index is -0.0729. The normalized spacial score (nSPS) is 10.7. The maximum atomic E-state index is 12.0. The molecule has 1 aromatic heterocycles. The summed E-state index contributed by atoms with van der Waals surface area (Å²) in [4.78, 5) is 27.7. The second-order valence-electron chi connectivity index (χ2n) is 6.07. The first kappa shape index (κ1) is 18.1. The zero-order valence-electron chi connectivity index (χ0n) is 14.7. The summed E-state index contributed by atoms with van der Waals surface area (Å²) in [5.74, 6) is 0.645. The van der Waals surface area contributed by atoms with E-state index in [9.17, 15) is 9.59 Å². The number of nitrogens with zero attached hydrogens (tertiary/aromatic N) is 1. The van der Waals surface area contributed by atoms with Gasteiger partial charge in [0.05, 0.1) is 16.8 Å². The Balaban J connectivity index is 1.44. The molecule has 3 aromatic rings. The topological polar surface area (TPSA) is 68.3 Å². The van der Waals surface area contributed by atoms with Crippen LogP contribution in [0.3, 0.4) is 0 Å². The van der Waals surface area contributed by atoms with Gasteiger partial charge in [-0.25, -0.2) is 4.98 Å². The number of hydrogen-bond donors (Lipinski definition) is 1. The van der Waals surface area contributed by atoms with E-state index < -0.39 is 0 Å². The first-order valence-corrected chi connectivity index (χ1v) is 9.24. The molecule has 0 fully saturated rings. The third-order valence-electron chi connectivity index (χ3n) is 3.87. The molecule has 0 atom stereocenters. The molecular weight excluding hydrogens is 348 g/mol. The van der Waals surface area contributed by atoms with E-state index in [0.717, 1.165) is 10.2 Å². The Bertz CT molecular complexity index is 932. The Labute approximate surface area is 156 Å². The summed E-state index contributed by atoms with van der Waals surface area (Å²) in [5, 5.41) is 3.47. The van der Waals surface area contributed by atoms with Crippen molar-refractivity contribution < 1.29 is 14.3 Å². The second-order valence-corrected chi connectivity index (χ2v) is 7.10. The Morgan fingerprint density at radius 3 is 2.65 bits per heavy atom. The van der Waals surface area contributed by atoms with Gasteiger partial charge < -0.3 is 10.1 Å². The molecule has 0 bridgehead atoms. The molecule has 6 heteroatoms. The highest BCUT2D eigenvalue weighted by molar-refractivity contribution is 7.22. The van der Waals surface area contributed by atoms with Crippen molar-refractivity contribution in [2.24, 2.45) is 0 Å². The van der Waals surface area contributed by atoms with Crippen molar-refractivity contribution in [1.29, 1.82) is 0 Å². The number of amides is 1. The molecule has 0 saturated heterocycles. The van der Waals surface area contributed by atoms with Crippen molar-refractivity contribution >= 4 is 38.4 Å². The van der Waals surface area contributed by atoms with Crippen LogP contribution in [0.5, 0.6) is 5.75 Å². The van der Waals surface area contributed by atoms with E-state index in [-0.39, 0.29) is 11.7 Å². The van der Waals surface area contributed by atoms with Crippen LogP contribution in [-0.4, -0.2) is 23.3 Å². The number of Topliss-reactive ketones (excluding diaryl/α,β-unsaturated/α-hetero) is 1. The minimum Gasteiger partial charge on any atom is -0.494 e. The van der Waals surface area contributed by atoms with Crippen molar-refractivity contribution in [2.45, 2.75) is 26.7 Å². The molecule has 26 heavy (non-hydrogen) atoms. The number of carbonyl (C=O) groups is 2. The lowest BCUT2D eigenvalue weighted by Gasteiger charge is -2.06. The lowest BCUT2D eigenvalue weighted by molar-refractivity contribution is -0.116. The number of nitrogens with one attached hydrogen (secondary N) is 1. The number of carbonyl (C=O) groups excluding carboxylic acids is 2. The molecule has 0 aliphatic rings. The first-order valence-electron chi connectivity index (χ1n) is 8.42. The van der Waals surface area contributed by atoms with E-state index in [0.29, 0.717) is 35.9 Å². The number of aromatic nitrogens is 1. The fourth-order valence-corrected chi connectivity index (χ4v) is 3.46. The SMILES string of the molecule is CC(=O)c1ccc(OCCCC(=O)Nc2nc3ccc(C)cc3s2)cc1. The van der Waals surface area contributed by atoms with Gasteiger partial charge in [0.1, 0.15) is 5.75 Å². The first-order chi connectivity index (χ1) is 12.5. The van der Waals surface area contributed by atoms with E-state index in [1.54, 1.807) is 24.3 Å². The molecule has 1 heterocycles. The van der Waals surface area contributed by atoms with Crippen LogP contribution in [0.25, 0.3) is 10.2 Å². The number of rotatable bonds is 7. The number of benzene rings is 2. The molecule has 2 aromatic carbocycles. The van der Waals surface area contributed by atoms with Crippen LogP contribution in [0.15, 0.2) is 42.5 Å². The standard InChI is InChI=1S/C20H20N2O3S/c1-13-5-10-17-18(12-13)26-20(21-17)22-19(24)4-3-11-25-16-8-6-15(7-9-16)14(2)23/h5-10,12H,3-4,11H2,1-2H3,(H,21,22,24). The van der Waals surface area contributed by atoms with E-state index in [2.05, 4.69) is 16.4 Å². The van der Waals surface area contributed by atoms with Gasteiger partial charge in [-0.1, -0.05) is 17.4 Å². The Hall–Kier alpha value is -2.73. The molecular formula is C20H20N2O3S. The van der Waals surface area contributed by atoms with Gasteiger partial charge in [0, 0.05) is 12.0 Å². The number of ketones is 1. The fourth-order valence-electron chi connectivity index (χ4n) is 2.48. The number of aryl methyl sites for hydroxylation is 1. The highest BCUT2D eigenvalue weighted by Gasteiger charge is 2.08. The third-order valence-corrected chi connectivity index (χ3v) is 4.80. The van der Waals surface area contributed by atoms with Gasteiger partial charge in [-0.3, -0.25) is 9.59 Å². The van der Waals surface area contributed by atoms with Crippen LogP contribution in [-0.2, 0) is 4.79 Å². The summed E-state index contributed by atoms with van der Waals surface area (Å²) in [5.41, 5.74) is 2.73. The molecule has 1 amide bonds. The third kappa shape index (κ3) is 4.67. The van der Waals surface area contributed by atoms with Gasteiger partial charge in [0.25, 0.3) is 0 Å². The molecule has 0 saturated carbocycles. The average Bonchev–Trinajstić information content (AvgIpc) is 3.00. The molecule has 134 valence electrons. The van der Waals surface area contributed by atoms with Crippen molar-refractivity contribution in [3.63, 3.8) is 0 Å². The highest BCUT2D eigenvalue weighted by atomic mass is 32.1. The van der Waals surface area contributed by atoms with Crippen molar-refractivity contribution in [3.8, 4) is 5.75 Å². The number of ether oxygens (including phenoxy) is 1. The molecule has 5 nitrogen and oxygen atoms in total.